The van der Waals surface area contributed by atoms with Crippen LogP contribution in [0.3, 0.4) is 0 Å². The number of aromatic nitrogens is 2. The number of carbonyl (C=O) groups is 1. The Morgan fingerprint density at radius 3 is 3.06 bits per heavy atom. The molecule has 0 aromatic carbocycles. The first-order chi connectivity index (χ1) is 7.70. The lowest BCUT2D eigenvalue weighted by molar-refractivity contribution is 0.0513. The van der Waals surface area contributed by atoms with Gasteiger partial charge in [-0.3, -0.25) is 0 Å². The molecule has 0 bridgehead atoms. The normalized spacial score (nSPS) is 10.4. The lowest BCUT2D eigenvalue weighted by Crippen LogP contribution is -2.06. The highest BCUT2D eigenvalue weighted by atomic mass is 79.9. The third-order valence-electron chi connectivity index (χ3n) is 1.88. The maximum Gasteiger partial charge on any atom is 0.374 e. The van der Waals surface area contributed by atoms with E-state index in [1.165, 1.54) is 0 Å². The number of H-pyrrole nitrogens is 1. The minimum Gasteiger partial charge on any atom is -0.460 e. The molecule has 0 saturated carbocycles. The molecule has 0 spiro atoms. The van der Waals surface area contributed by atoms with E-state index >= 15 is 0 Å². The zero-order chi connectivity index (χ0) is 11.5. The van der Waals surface area contributed by atoms with Gasteiger partial charge in [-0.05, 0) is 35.0 Å². The monoisotopic (exact) mass is 300 g/mol. The fraction of sp³-hybridized carbons (Fsp3) is 0.200. The molecule has 2 aromatic heterocycles. The van der Waals surface area contributed by atoms with Crippen LogP contribution in [0, 0.1) is 0 Å². The molecule has 2 rings (SSSR count). The van der Waals surface area contributed by atoms with E-state index < -0.39 is 5.97 Å². The van der Waals surface area contributed by atoms with E-state index in [2.05, 4.69) is 25.9 Å². The summed E-state index contributed by atoms with van der Waals surface area (Å²) < 4.78 is 5.88. The molecule has 0 saturated heterocycles. The van der Waals surface area contributed by atoms with E-state index in [0.717, 1.165) is 14.4 Å². The van der Waals surface area contributed by atoms with Crippen molar-refractivity contribution >= 4 is 33.2 Å². The van der Waals surface area contributed by atoms with Crippen molar-refractivity contribution in [1.82, 2.24) is 9.97 Å². The Kier molecular flexibility index (Phi) is 3.40. The van der Waals surface area contributed by atoms with Crippen molar-refractivity contribution in [3.63, 3.8) is 0 Å². The summed E-state index contributed by atoms with van der Waals surface area (Å²) in [5.41, 5.74) is 0.818. The Bertz CT molecular complexity index is 506. The SMILES string of the molecule is CCOC(=O)c1ncc(-c2ccc(Br)s2)[nH]1. The molecule has 0 atom stereocenters. The molecule has 4 nitrogen and oxygen atoms in total. The largest absolute Gasteiger partial charge is 0.460 e. The average molecular weight is 301 g/mol. The minimum atomic E-state index is -0.427. The van der Waals surface area contributed by atoms with Crippen LogP contribution in [0.15, 0.2) is 22.1 Å². The summed E-state index contributed by atoms with van der Waals surface area (Å²) in [4.78, 5) is 19.3. The molecule has 1 N–H and O–H groups in total. The van der Waals surface area contributed by atoms with Gasteiger partial charge in [-0.15, -0.1) is 11.3 Å². The van der Waals surface area contributed by atoms with Gasteiger partial charge in [-0.1, -0.05) is 0 Å². The number of hydrogen-bond acceptors (Lipinski definition) is 4. The number of nitrogens with one attached hydrogen (secondary N) is 1. The van der Waals surface area contributed by atoms with Gasteiger partial charge in [-0.2, -0.15) is 0 Å². The smallest absolute Gasteiger partial charge is 0.374 e. The highest BCUT2D eigenvalue weighted by molar-refractivity contribution is 9.11. The van der Waals surface area contributed by atoms with E-state index in [1.807, 2.05) is 12.1 Å². The molecule has 0 unspecified atom stereocenters. The van der Waals surface area contributed by atoms with Crippen LogP contribution in [0.5, 0.6) is 0 Å². The molecule has 0 aliphatic heterocycles. The second kappa shape index (κ2) is 4.80. The van der Waals surface area contributed by atoms with Gasteiger partial charge in [0.2, 0.25) is 5.82 Å². The summed E-state index contributed by atoms with van der Waals surface area (Å²) >= 11 is 4.96. The van der Waals surface area contributed by atoms with Gasteiger partial charge in [-0.25, -0.2) is 9.78 Å². The number of nitrogens with zero attached hydrogens (tertiary/aromatic N) is 1. The van der Waals surface area contributed by atoms with Gasteiger partial charge >= 0.3 is 5.97 Å². The third kappa shape index (κ3) is 2.33. The Morgan fingerprint density at radius 1 is 1.62 bits per heavy atom. The van der Waals surface area contributed by atoms with Gasteiger partial charge in [0.1, 0.15) is 0 Å². The molecule has 0 aliphatic rings. The maximum atomic E-state index is 11.4. The zero-order valence-electron chi connectivity index (χ0n) is 8.49. The van der Waals surface area contributed by atoms with Crippen molar-refractivity contribution in [3.05, 3.63) is 27.9 Å². The summed E-state index contributed by atoms with van der Waals surface area (Å²) in [6.45, 7) is 2.11. The van der Waals surface area contributed by atoms with E-state index in [-0.39, 0.29) is 5.82 Å². The second-order valence-electron chi connectivity index (χ2n) is 2.97. The van der Waals surface area contributed by atoms with Crippen LogP contribution < -0.4 is 0 Å². The molecule has 0 radical (unpaired) electrons. The number of rotatable bonds is 3. The summed E-state index contributed by atoms with van der Waals surface area (Å²) in [7, 11) is 0. The van der Waals surface area contributed by atoms with Gasteiger partial charge in [0, 0.05) is 0 Å². The van der Waals surface area contributed by atoms with Crippen LogP contribution in [0.2, 0.25) is 0 Å². The Hall–Kier alpha value is -1.14. The maximum absolute atomic E-state index is 11.4. The van der Waals surface area contributed by atoms with Crippen molar-refractivity contribution < 1.29 is 9.53 Å². The van der Waals surface area contributed by atoms with Crippen LogP contribution in [-0.2, 0) is 4.74 Å². The van der Waals surface area contributed by atoms with Crippen LogP contribution in [0.4, 0.5) is 0 Å². The summed E-state index contributed by atoms with van der Waals surface area (Å²) in [5.74, 6) is -0.189. The molecular weight excluding hydrogens is 292 g/mol. The summed E-state index contributed by atoms with van der Waals surface area (Å²) in [5, 5.41) is 0. The van der Waals surface area contributed by atoms with Gasteiger partial charge in [0.15, 0.2) is 0 Å². The van der Waals surface area contributed by atoms with Crippen LogP contribution in [0.1, 0.15) is 17.5 Å². The molecule has 2 heterocycles. The van der Waals surface area contributed by atoms with Gasteiger partial charge in [0.05, 0.1) is 27.2 Å². The third-order valence-corrected chi connectivity index (χ3v) is 3.54. The quantitative estimate of drug-likeness (QED) is 0.886. The predicted octanol–water partition coefficient (Wildman–Crippen LogP) is 3.08. The second-order valence-corrected chi connectivity index (χ2v) is 5.43. The number of imidazole rings is 1. The molecule has 0 amide bonds. The number of aromatic amines is 1. The average Bonchev–Trinajstić information content (AvgIpc) is 2.85. The molecule has 84 valence electrons. The number of esters is 1. The van der Waals surface area contributed by atoms with Crippen molar-refractivity contribution in [2.45, 2.75) is 6.92 Å². The molecule has 6 heteroatoms. The Labute approximate surface area is 105 Å². The van der Waals surface area contributed by atoms with E-state index in [4.69, 9.17) is 4.74 Å². The van der Waals surface area contributed by atoms with Crippen molar-refractivity contribution in [1.29, 1.82) is 0 Å². The standard InChI is InChI=1S/C10H9BrN2O2S/c1-2-15-10(14)9-12-5-6(13-9)7-3-4-8(11)16-7/h3-5H,2H2,1H3,(H,12,13). The summed E-state index contributed by atoms with van der Waals surface area (Å²) in [6.07, 6.45) is 1.63. The fourth-order valence-electron chi connectivity index (χ4n) is 1.21. The van der Waals surface area contributed by atoms with Crippen LogP contribution >= 0.6 is 27.3 Å². The van der Waals surface area contributed by atoms with Gasteiger partial charge in [0.25, 0.3) is 0 Å². The Morgan fingerprint density at radius 2 is 2.44 bits per heavy atom. The predicted molar refractivity (Wildman–Crippen MR) is 65.6 cm³/mol. The number of thiophene rings is 1. The van der Waals surface area contributed by atoms with Crippen LogP contribution in [0.25, 0.3) is 10.6 Å². The summed E-state index contributed by atoms with van der Waals surface area (Å²) in [6, 6.07) is 3.90. The number of hydrogen-bond donors (Lipinski definition) is 1. The first-order valence-electron chi connectivity index (χ1n) is 4.68. The highest BCUT2D eigenvalue weighted by Crippen LogP contribution is 2.29. The molecule has 0 aliphatic carbocycles. The molecule has 0 fully saturated rings. The van der Waals surface area contributed by atoms with Crippen molar-refractivity contribution in [3.8, 4) is 10.6 Å². The first kappa shape index (κ1) is 11.3. The zero-order valence-corrected chi connectivity index (χ0v) is 10.9. The fourth-order valence-corrected chi connectivity index (χ4v) is 2.56. The molecule has 2 aromatic rings. The van der Waals surface area contributed by atoms with Crippen molar-refractivity contribution in [2.24, 2.45) is 0 Å². The number of ether oxygens (including phenoxy) is 1. The van der Waals surface area contributed by atoms with E-state index in [0.29, 0.717) is 6.61 Å². The Balaban J connectivity index is 2.22. The minimum absolute atomic E-state index is 0.237. The molecule has 16 heavy (non-hydrogen) atoms. The molecular formula is C10H9BrN2O2S. The number of halogens is 1. The topological polar surface area (TPSA) is 55.0 Å². The van der Waals surface area contributed by atoms with Crippen LogP contribution in [-0.4, -0.2) is 22.5 Å². The highest BCUT2D eigenvalue weighted by Gasteiger charge is 2.12. The van der Waals surface area contributed by atoms with Crippen molar-refractivity contribution in [2.75, 3.05) is 6.61 Å². The lowest BCUT2D eigenvalue weighted by Gasteiger charge is -1.96. The number of carbonyl (C=O) groups excluding carboxylic acids is 1. The first-order valence-corrected chi connectivity index (χ1v) is 6.29. The lowest BCUT2D eigenvalue weighted by atomic mass is 10.4. The van der Waals surface area contributed by atoms with E-state index in [9.17, 15) is 4.79 Å². The van der Waals surface area contributed by atoms with E-state index in [1.54, 1.807) is 24.5 Å². The van der Waals surface area contributed by atoms with Gasteiger partial charge < -0.3 is 9.72 Å².